The number of carbonyl (C=O) groups is 2. The van der Waals surface area contributed by atoms with Gasteiger partial charge in [0.2, 0.25) is 0 Å². The standard InChI is InChI=1S/C29H34O5/c1-3-4-8-16-29(2,32)17-15-23-24-18-27(30)33-26(24)19-25(23)34-28(31)22-13-11-21(12-14-22)20-9-6-5-7-10-20/h5-7,9-15,17,23-26,32H,3-4,8,16,18-19H2,1-2H3. The molecule has 0 bridgehead atoms. The third-order valence-electron chi connectivity index (χ3n) is 7.00. The van der Waals surface area contributed by atoms with Gasteiger partial charge in [-0.1, -0.05) is 80.8 Å². The quantitative estimate of drug-likeness (QED) is 0.293. The molecule has 1 N–H and O–H groups in total. The number of benzene rings is 2. The Hall–Kier alpha value is -2.92. The molecule has 0 radical (unpaired) electrons. The van der Waals surface area contributed by atoms with Crippen LogP contribution in [0.3, 0.4) is 0 Å². The highest BCUT2D eigenvalue weighted by Crippen LogP contribution is 2.44. The van der Waals surface area contributed by atoms with E-state index in [9.17, 15) is 14.7 Å². The van der Waals surface area contributed by atoms with E-state index in [2.05, 4.69) is 6.92 Å². The van der Waals surface area contributed by atoms with Crippen molar-refractivity contribution in [1.29, 1.82) is 0 Å². The van der Waals surface area contributed by atoms with Gasteiger partial charge in [0, 0.05) is 18.3 Å². The van der Waals surface area contributed by atoms with Crippen molar-refractivity contribution >= 4 is 11.9 Å². The number of carbonyl (C=O) groups excluding carboxylic acids is 2. The maximum absolute atomic E-state index is 13.0. The summed E-state index contributed by atoms with van der Waals surface area (Å²) in [6.07, 6.45) is 7.70. The van der Waals surface area contributed by atoms with Gasteiger partial charge in [-0.15, -0.1) is 0 Å². The zero-order valence-corrected chi connectivity index (χ0v) is 20.0. The fourth-order valence-electron chi connectivity index (χ4n) is 5.06. The minimum Gasteiger partial charge on any atom is -0.462 e. The molecule has 0 spiro atoms. The van der Waals surface area contributed by atoms with Crippen LogP contribution < -0.4 is 0 Å². The molecule has 5 nitrogen and oxygen atoms in total. The van der Waals surface area contributed by atoms with Crippen LogP contribution in [0, 0.1) is 11.8 Å². The molecule has 1 saturated heterocycles. The number of ether oxygens (including phenoxy) is 2. The maximum atomic E-state index is 13.0. The molecule has 2 aromatic rings. The van der Waals surface area contributed by atoms with Gasteiger partial charge >= 0.3 is 11.9 Å². The van der Waals surface area contributed by atoms with E-state index >= 15 is 0 Å². The zero-order valence-electron chi connectivity index (χ0n) is 20.0. The second kappa shape index (κ2) is 10.6. The normalized spacial score (nSPS) is 25.7. The number of rotatable bonds is 9. The summed E-state index contributed by atoms with van der Waals surface area (Å²) in [5, 5.41) is 10.8. The monoisotopic (exact) mass is 462 g/mol. The number of esters is 2. The van der Waals surface area contributed by atoms with Gasteiger partial charge < -0.3 is 14.6 Å². The van der Waals surface area contributed by atoms with Gasteiger partial charge in [-0.05, 0) is 36.6 Å². The molecular weight excluding hydrogens is 428 g/mol. The molecule has 34 heavy (non-hydrogen) atoms. The minimum atomic E-state index is -0.932. The number of fused-ring (bicyclic) bond motifs is 1. The van der Waals surface area contributed by atoms with E-state index in [1.54, 1.807) is 19.1 Å². The van der Waals surface area contributed by atoms with Crippen LogP contribution in [-0.2, 0) is 14.3 Å². The van der Waals surface area contributed by atoms with Crippen molar-refractivity contribution in [2.24, 2.45) is 11.8 Å². The highest BCUT2D eigenvalue weighted by molar-refractivity contribution is 5.90. The molecule has 4 rings (SSSR count). The molecule has 0 aromatic heterocycles. The first-order valence-electron chi connectivity index (χ1n) is 12.3. The van der Waals surface area contributed by atoms with Crippen molar-refractivity contribution in [3.8, 4) is 11.1 Å². The molecule has 2 aliphatic rings. The summed E-state index contributed by atoms with van der Waals surface area (Å²) < 4.78 is 11.4. The number of aliphatic hydroxyl groups is 1. The molecule has 1 heterocycles. The van der Waals surface area contributed by atoms with Crippen LogP contribution in [0.2, 0.25) is 0 Å². The van der Waals surface area contributed by atoms with Crippen LogP contribution in [0.4, 0.5) is 0 Å². The van der Waals surface area contributed by atoms with Crippen molar-refractivity contribution in [3.63, 3.8) is 0 Å². The lowest BCUT2D eigenvalue weighted by molar-refractivity contribution is -0.141. The highest BCUT2D eigenvalue weighted by Gasteiger charge is 2.50. The van der Waals surface area contributed by atoms with Crippen LogP contribution in [0.15, 0.2) is 66.7 Å². The number of hydrogen-bond acceptors (Lipinski definition) is 5. The predicted molar refractivity (Wildman–Crippen MR) is 131 cm³/mol. The largest absolute Gasteiger partial charge is 0.462 e. The average Bonchev–Trinajstić information content (AvgIpc) is 3.33. The Morgan fingerprint density at radius 2 is 1.82 bits per heavy atom. The molecule has 2 aromatic carbocycles. The fourth-order valence-corrected chi connectivity index (χ4v) is 5.06. The van der Waals surface area contributed by atoms with Gasteiger partial charge in [0.15, 0.2) is 0 Å². The molecule has 1 aliphatic heterocycles. The van der Waals surface area contributed by atoms with E-state index in [-0.39, 0.29) is 29.9 Å². The molecule has 2 fully saturated rings. The molecular formula is C29H34O5. The Labute approximate surface area is 201 Å². The van der Waals surface area contributed by atoms with Crippen LogP contribution in [0.25, 0.3) is 11.1 Å². The summed E-state index contributed by atoms with van der Waals surface area (Å²) in [6, 6.07) is 17.4. The smallest absolute Gasteiger partial charge is 0.338 e. The molecule has 180 valence electrons. The lowest BCUT2D eigenvalue weighted by Gasteiger charge is -2.23. The number of hydrogen-bond donors (Lipinski definition) is 1. The molecule has 5 atom stereocenters. The van der Waals surface area contributed by atoms with Crippen LogP contribution in [-0.4, -0.2) is 34.9 Å². The topological polar surface area (TPSA) is 72.8 Å². The lowest BCUT2D eigenvalue weighted by Crippen LogP contribution is -2.26. The summed E-state index contributed by atoms with van der Waals surface area (Å²) >= 11 is 0. The van der Waals surface area contributed by atoms with Crippen LogP contribution >= 0.6 is 0 Å². The summed E-state index contributed by atoms with van der Waals surface area (Å²) in [5.41, 5.74) is 1.68. The zero-order chi connectivity index (χ0) is 24.1. The van der Waals surface area contributed by atoms with E-state index in [0.717, 1.165) is 30.4 Å². The Balaban J connectivity index is 1.45. The molecule has 1 aliphatic carbocycles. The Morgan fingerprint density at radius 1 is 1.12 bits per heavy atom. The van der Waals surface area contributed by atoms with Gasteiger partial charge in [0.05, 0.1) is 17.6 Å². The molecule has 5 heteroatoms. The van der Waals surface area contributed by atoms with E-state index in [1.165, 1.54) is 0 Å². The first kappa shape index (κ1) is 24.2. The summed E-state index contributed by atoms with van der Waals surface area (Å²) in [5.74, 6) is -0.788. The first-order chi connectivity index (χ1) is 16.4. The molecule has 5 unspecified atom stereocenters. The highest BCUT2D eigenvalue weighted by atomic mass is 16.6. The Morgan fingerprint density at radius 3 is 2.53 bits per heavy atom. The van der Waals surface area contributed by atoms with E-state index in [4.69, 9.17) is 9.47 Å². The lowest BCUT2D eigenvalue weighted by atomic mass is 9.89. The van der Waals surface area contributed by atoms with Crippen molar-refractivity contribution in [3.05, 3.63) is 72.3 Å². The van der Waals surface area contributed by atoms with Crippen LogP contribution in [0.1, 0.15) is 62.7 Å². The van der Waals surface area contributed by atoms with Gasteiger partial charge in [-0.2, -0.15) is 0 Å². The Kier molecular flexibility index (Phi) is 7.52. The molecule has 1 saturated carbocycles. The SMILES string of the molecule is CCCCCC(C)(O)C=CC1C(OC(=O)c2ccc(-c3ccccc3)cc2)CC2OC(=O)CC21. The second-order valence-electron chi connectivity index (χ2n) is 9.77. The summed E-state index contributed by atoms with van der Waals surface area (Å²) in [7, 11) is 0. The number of unbranched alkanes of at least 4 members (excludes halogenated alkanes) is 2. The summed E-state index contributed by atoms with van der Waals surface area (Å²) in [4.78, 5) is 24.8. The van der Waals surface area contributed by atoms with Crippen molar-refractivity contribution in [1.82, 2.24) is 0 Å². The second-order valence-corrected chi connectivity index (χ2v) is 9.77. The van der Waals surface area contributed by atoms with Gasteiger partial charge in [-0.3, -0.25) is 4.79 Å². The van der Waals surface area contributed by atoms with E-state index in [0.29, 0.717) is 24.8 Å². The Bertz CT molecular complexity index is 1010. The van der Waals surface area contributed by atoms with Crippen molar-refractivity contribution < 1.29 is 24.2 Å². The average molecular weight is 463 g/mol. The van der Waals surface area contributed by atoms with Crippen molar-refractivity contribution in [2.45, 2.75) is 70.2 Å². The maximum Gasteiger partial charge on any atom is 0.338 e. The fraction of sp³-hybridized carbons (Fsp3) is 0.448. The first-order valence-corrected chi connectivity index (χ1v) is 12.3. The minimum absolute atomic E-state index is 0.0338. The van der Waals surface area contributed by atoms with Gasteiger partial charge in [0.25, 0.3) is 0 Å². The third-order valence-corrected chi connectivity index (χ3v) is 7.00. The molecule has 0 amide bonds. The third kappa shape index (κ3) is 5.76. The predicted octanol–water partition coefficient (Wildman–Crippen LogP) is 5.72. The van der Waals surface area contributed by atoms with Gasteiger partial charge in [-0.25, -0.2) is 4.79 Å². The van der Waals surface area contributed by atoms with Gasteiger partial charge in [0.1, 0.15) is 12.2 Å². The van der Waals surface area contributed by atoms with Crippen molar-refractivity contribution in [2.75, 3.05) is 0 Å². The summed E-state index contributed by atoms with van der Waals surface area (Å²) in [6.45, 7) is 3.94. The van der Waals surface area contributed by atoms with E-state index < -0.39 is 11.7 Å². The van der Waals surface area contributed by atoms with E-state index in [1.807, 2.05) is 54.6 Å². The van der Waals surface area contributed by atoms with Crippen LogP contribution in [0.5, 0.6) is 0 Å².